The van der Waals surface area contributed by atoms with Crippen molar-refractivity contribution in [2.75, 3.05) is 11.1 Å². The van der Waals surface area contributed by atoms with Gasteiger partial charge in [0.15, 0.2) is 6.39 Å². The number of amides is 1. The highest BCUT2D eigenvalue weighted by atomic mass is 79.9. The molecule has 0 atom stereocenters. The van der Waals surface area contributed by atoms with E-state index in [0.29, 0.717) is 17.1 Å². The lowest BCUT2D eigenvalue weighted by Crippen LogP contribution is -2.12. The van der Waals surface area contributed by atoms with Crippen molar-refractivity contribution in [3.05, 3.63) is 40.5 Å². The molecule has 0 aliphatic heterocycles. The summed E-state index contributed by atoms with van der Waals surface area (Å²) in [5, 5.41) is 2.69. The van der Waals surface area contributed by atoms with Crippen LogP contribution >= 0.6 is 15.9 Å². The monoisotopic (exact) mass is 295 g/mol. The van der Waals surface area contributed by atoms with Crippen LogP contribution in [0.3, 0.4) is 0 Å². The Kier molecular flexibility index (Phi) is 3.14. The van der Waals surface area contributed by atoms with Crippen LogP contribution in [0, 0.1) is 6.92 Å². The Hall–Kier alpha value is -1.82. The molecule has 2 rings (SSSR count). The normalized spacial score (nSPS) is 10.2. The summed E-state index contributed by atoms with van der Waals surface area (Å²) < 4.78 is 5.75. The maximum Gasteiger partial charge on any atom is 0.293 e. The highest BCUT2D eigenvalue weighted by Gasteiger charge is 2.15. The van der Waals surface area contributed by atoms with Crippen LogP contribution in [0.2, 0.25) is 0 Å². The van der Waals surface area contributed by atoms with E-state index in [4.69, 9.17) is 10.2 Å². The molecule has 1 aromatic heterocycles. The Morgan fingerprint density at radius 3 is 2.94 bits per heavy atom. The summed E-state index contributed by atoms with van der Waals surface area (Å²) >= 11 is 3.32. The first kappa shape index (κ1) is 11.7. The number of rotatable bonds is 2. The van der Waals surface area contributed by atoms with Crippen molar-refractivity contribution in [2.45, 2.75) is 6.92 Å². The van der Waals surface area contributed by atoms with E-state index in [1.165, 1.54) is 6.39 Å². The van der Waals surface area contributed by atoms with Crippen LogP contribution in [-0.2, 0) is 0 Å². The molecule has 1 heterocycles. The first-order valence-electron chi connectivity index (χ1n) is 4.84. The molecule has 5 nitrogen and oxygen atoms in total. The minimum absolute atomic E-state index is 0.194. The molecule has 0 unspecified atom stereocenters. The van der Waals surface area contributed by atoms with E-state index >= 15 is 0 Å². The number of nitrogens with one attached hydrogen (secondary N) is 1. The standard InChI is InChI=1S/C11H10BrN3O2/c1-6-10(17-5-14-6)11(16)15-9-4-7(13)2-3-8(9)12/h2-5H,13H2,1H3,(H,15,16). The Bertz CT molecular complexity index is 566. The van der Waals surface area contributed by atoms with Crippen molar-refractivity contribution in [3.8, 4) is 0 Å². The summed E-state index contributed by atoms with van der Waals surface area (Å²) in [4.78, 5) is 15.7. The molecule has 0 aliphatic carbocycles. The number of hydrogen-bond acceptors (Lipinski definition) is 4. The Balaban J connectivity index is 2.24. The number of benzene rings is 1. The topological polar surface area (TPSA) is 81.2 Å². The predicted octanol–water partition coefficient (Wildman–Crippen LogP) is 2.58. The van der Waals surface area contributed by atoms with Gasteiger partial charge in [0.05, 0.1) is 11.4 Å². The van der Waals surface area contributed by atoms with E-state index < -0.39 is 0 Å². The van der Waals surface area contributed by atoms with Crippen LogP contribution in [0.1, 0.15) is 16.2 Å². The lowest BCUT2D eigenvalue weighted by molar-refractivity contribution is 0.0996. The van der Waals surface area contributed by atoms with Gasteiger partial charge < -0.3 is 15.5 Å². The van der Waals surface area contributed by atoms with E-state index in [2.05, 4.69) is 26.2 Å². The van der Waals surface area contributed by atoms with Crippen LogP contribution < -0.4 is 11.1 Å². The van der Waals surface area contributed by atoms with Gasteiger partial charge in [-0.25, -0.2) is 4.98 Å². The fourth-order valence-corrected chi connectivity index (χ4v) is 1.68. The molecule has 0 radical (unpaired) electrons. The lowest BCUT2D eigenvalue weighted by atomic mass is 10.2. The molecule has 6 heteroatoms. The molecule has 1 aromatic carbocycles. The number of oxazole rings is 1. The van der Waals surface area contributed by atoms with Gasteiger partial charge >= 0.3 is 0 Å². The van der Waals surface area contributed by atoms with Crippen LogP contribution in [0.5, 0.6) is 0 Å². The quantitative estimate of drug-likeness (QED) is 0.835. The third-order valence-corrected chi connectivity index (χ3v) is 2.88. The van der Waals surface area contributed by atoms with E-state index in [1.54, 1.807) is 25.1 Å². The minimum atomic E-state index is -0.355. The summed E-state index contributed by atoms with van der Waals surface area (Å²) in [6.45, 7) is 1.70. The molecule has 0 fully saturated rings. The van der Waals surface area contributed by atoms with Crippen LogP contribution in [0.4, 0.5) is 11.4 Å². The molecule has 0 saturated carbocycles. The Morgan fingerprint density at radius 2 is 2.29 bits per heavy atom. The number of carbonyl (C=O) groups excluding carboxylic acids is 1. The van der Waals surface area contributed by atoms with Gasteiger partial charge in [-0.15, -0.1) is 0 Å². The number of nitrogen functional groups attached to an aromatic ring is 1. The average molecular weight is 296 g/mol. The SMILES string of the molecule is Cc1ncoc1C(=O)Nc1cc(N)ccc1Br. The number of aromatic nitrogens is 1. The molecule has 3 N–H and O–H groups in total. The number of nitrogens with two attached hydrogens (primary N) is 1. The molecule has 0 saturated heterocycles. The largest absolute Gasteiger partial charge is 0.438 e. The molecule has 0 aliphatic rings. The second-order valence-corrected chi connectivity index (χ2v) is 4.31. The first-order chi connectivity index (χ1) is 8.08. The van der Waals surface area contributed by atoms with Crippen molar-refractivity contribution in [1.82, 2.24) is 4.98 Å². The summed E-state index contributed by atoms with van der Waals surface area (Å²) in [6, 6.07) is 5.16. The fourth-order valence-electron chi connectivity index (χ4n) is 1.34. The van der Waals surface area contributed by atoms with Crippen LogP contribution in [-0.4, -0.2) is 10.9 Å². The maximum absolute atomic E-state index is 11.9. The van der Waals surface area contributed by atoms with Crippen LogP contribution in [0.15, 0.2) is 33.5 Å². The van der Waals surface area contributed by atoms with Crippen molar-refractivity contribution >= 4 is 33.2 Å². The van der Waals surface area contributed by atoms with E-state index in [-0.39, 0.29) is 11.7 Å². The summed E-state index contributed by atoms with van der Waals surface area (Å²) in [6.07, 6.45) is 1.23. The van der Waals surface area contributed by atoms with Crippen molar-refractivity contribution in [1.29, 1.82) is 0 Å². The minimum Gasteiger partial charge on any atom is -0.438 e. The molecule has 17 heavy (non-hydrogen) atoms. The van der Waals surface area contributed by atoms with Gasteiger partial charge in [-0.1, -0.05) is 0 Å². The number of nitrogens with zero attached hydrogens (tertiary/aromatic N) is 1. The zero-order chi connectivity index (χ0) is 12.4. The molecular formula is C11H10BrN3O2. The number of anilines is 2. The van der Waals surface area contributed by atoms with E-state index in [1.807, 2.05) is 0 Å². The lowest BCUT2D eigenvalue weighted by Gasteiger charge is -2.06. The number of carbonyl (C=O) groups is 1. The smallest absolute Gasteiger partial charge is 0.293 e. The Labute approximate surface area is 106 Å². The van der Waals surface area contributed by atoms with Gasteiger partial charge in [-0.05, 0) is 41.1 Å². The van der Waals surface area contributed by atoms with Gasteiger partial charge in [0, 0.05) is 10.2 Å². The molecule has 1 amide bonds. The number of aryl methyl sites for hydroxylation is 1. The second-order valence-electron chi connectivity index (χ2n) is 3.46. The molecule has 2 aromatic rings. The first-order valence-corrected chi connectivity index (χ1v) is 5.63. The zero-order valence-electron chi connectivity index (χ0n) is 9.03. The van der Waals surface area contributed by atoms with Gasteiger partial charge in [0.1, 0.15) is 0 Å². The van der Waals surface area contributed by atoms with Gasteiger partial charge in [0.25, 0.3) is 5.91 Å². The number of hydrogen-bond donors (Lipinski definition) is 2. The summed E-state index contributed by atoms with van der Waals surface area (Å²) in [5.41, 5.74) is 7.34. The van der Waals surface area contributed by atoms with Crippen LogP contribution in [0.25, 0.3) is 0 Å². The second kappa shape index (κ2) is 4.58. The molecule has 88 valence electrons. The van der Waals surface area contributed by atoms with E-state index in [0.717, 1.165) is 4.47 Å². The zero-order valence-corrected chi connectivity index (χ0v) is 10.6. The van der Waals surface area contributed by atoms with Gasteiger partial charge in [0.2, 0.25) is 5.76 Å². The van der Waals surface area contributed by atoms with Gasteiger partial charge in [-0.3, -0.25) is 4.79 Å². The molecule has 0 spiro atoms. The molecular weight excluding hydrogens is 286 g/mol. The summed E-state index contributed by atoms with van der Waals surface area (Å²) in [7, 11) is 0. The van der Waals surface area contributed by atoms with E-state index in [9.17, 15) is 4.79 Å². The molecule has 0 bridgehead atoms. The highest BCUT2D eigenvalue weighted by Crippen LogP contribution is 2.25. The predicted molar refractivity (Wildman–Crippen MR) is 67.7 cm³/mol. The third-order valence-electron chi connectivity index (χ3n) is 2.19. The Morgan fingerprint density at radius 1 is 1.53 bits per heavy atom. The van der Waals surface area contributed by atoms with Crippen molar-refractivity contribution in [2.24, 2.45) is 0 Å². The maximum atomic E-state index is 11.9. The van der Waals surface area contributed by atoms with Crippen molar-refractivity contribution in [3.63, 3.8) is 0 Å². The fraction of sp³-hybridized carbons (Fsp3) is 0.0909. The highest BCUT2D eigenvalue weighted by molar-refractivity contribution is 9.10. The van der Waals surface area contributed by atoms with Crippen molar-refractivity contribution < 1.29 is 9.21 Å². The third kappa shape index (κ3) is 2.47. The number of halogens is 1. The average Bonchev–Trinajstić information content (AvgIpc) is 2.70. The summed E-state index contributed by atoms with van der Waals surface area (Å²) in [5.74, 6) is -0.161. The van der Waals surface area contributed by atoms with Gasteiger partial charge in [-0.2, -0.15) is 0 Å².